The van der Waals surface area contributed by atoms with Crippen molar-refractivity contribution in [3.8, 4) is 11.5 Å². The largest absolute Gasteiger partial charge is 0.493 e. The van der Waals surface area contributed by atoms with Gasteiger partial charge in [0, 0.05) is 6.08 Å². The summed E-state index contributed by atoms with van der Waals surface area (Å²) in [5.41, 5.74) is 0.577. The highest BCUT2D eigenvalue weighted by Crippen LogP contribution is 2.35. The molecule has 0 radical (unpaired) electrons. The molecule has 0 N–H and O–H groups in total. The van der Waals surface area contributed by atoms with Crippen molar-refractivity contribution in [2.75, 3.05) is 14.2 Å². The van der Waals surface area contributed by atoms with E-state index in [0.29, 0.717) is 5.56 Å². The van der Waals surface area contributed by atoms with Gasteiger partial charge in [0.1, 0.15) is 4.90 Å². The van der Waals surface area contributed by atoms with Gasteiger partial charge in [0.25, 0.3) is 0 Å². The number of hydrogen-bond donors (Lipinski definition) is 0. The van der Waals surface area contributed by atoms with Crippen LogP contribution in [0.2, 0.25) is 10.0 Å². The van der Waals surface area contributed by atoms with Gasteiger partial charge >= 0.3 is 16.1 Å². The predicted octanol–water partition coefficient (Wildman–Crippen LogP) is 3.96. The van der Waals surface area contributed by atoms with Crippen molar-refractivity contribution in [1.29, 1.82) is 0 Å². The van der Waals surface area contributed by atoms with Crippen molar-refractivity contribution in [3.05, 3.63) is 58.1 Å². The van der Waals surface area contributed by atoms with Crippen LogP contribution in [-0.2, 0) is 19.6 Å². The SMILES string of the molecule is COC(=O)/C=C/c1ccc(OS(=O)(=O)c2c(Cl)cccc2Cl)c(OC)c1. The van der Waals surface area contributed by atoms with Crippen LogP contribution in [0.15, 0.2) is 47.4 Å². The zero-order valence-corrected chi connectivity index (χ0v) is 16.1. The Morgan fingerprint density at radius 2 is 1.69 bits per heavy atom. The summed E-state index contributed by atoms with van der Waals surface area (Å²) in [7, 11) is -1.67. The number of esters is 1. The Balaban J connectivity index is 2.37. The molecule has 0 heterocycles. The number of methoxy groups -OCH3 is 2. The summed E-state index contributed by atoms with van der Waals surface area (Å²) in [5, 5.41) is -0.122. The maximum atomic E-state index is 12.5. The zero-order chi connectivity index (χ0) is 19.3. The molecule has 0 aromatic heterocycles. The zero-order valence-electron chi connectivity index (χ0n) is 13.7. The van der Waals surface area contributed by atoms with Crippen LogP contribution in [-0.4, -0.2) is 28.6 Å². The van der Waals surface area contributed by atoms with Gasteiger partial charge in [-0.15, -0.1) is 0 Å². The summed E-state index contributed by atoms with van der Waals surface area (Å²) in [6.07, 6.45) is 2.70. The summed E-state index contributed by atoms with van der Waals surface area (Å²) < 4.78 is 39.9. The van der Waals surface area contributed by atoms with E-state index in [9.17, 15) is 13.2 Å². The van der Waals surface area contributed by atoms with E-state index in [1.807, 2.05) is 0 Å². The van der Waals surface area contributed by atoms with E-state index in [2.05, 4.69) is 4.74 Å². The van der Waals surface area contributed by atoms with Crippen molar-refractivity contribution in [2.45, 2.75) is 4.90 Å². The molecule has 9 heteroatoms. The minimum atomic E-state index is -4.29. The van der Waals surface area contributed by atoms with E-state index in [0.717, 1.165) is 0 Å². The standard InChI is InChI=1S/C17H14Cl2O6S/c1-23-15-10-11(7-9-16(20)24-2)6-8-14(15)25-26(21,22)17-12(18)4-3-5-13(17)19/h3-10H,1-2H3/b9-7+. The lowest BCUT2D eigenvalue weighted by atomic mass is 10.2. The molecule has 0 bridgehead atoms. The van der Waals surface area contributed by atoms with Crippen molar-refractivity contribution in [3.63, 3.8) is 0 Å². The molecule has 0 saturated carbocycles. The second-order valence-electron chi connectivity index (χ2n) is 4.86. The fourth-order valence-corrected chi connectivity index (χ4v) is 4.01. The molecule has 0 unspecified atom stereocenters. The Morgan fingerprint density at radius 3 is 2.27 bits per heavy atom. The molecule has 0 saturated heterocycles. The highest BCUT2D eigenvalue weighted by atomic mass is 35.5. The first-order chi connectivity index (χ1) is 12.3. The van der Waals surface area contributed by atoms with Gasteiger partial charge in [0.05, 0.1) is 24.3 Å². The Labute approximate surface area is 161 Å². The molecule has 26 heavy (non-hydrogen) atoms. The molecule has 0 atom stereocenters. The fraction of sp³-hybridized carbons (Fsp3) is 0.118. The molecule has 0 spiro atoms. The summed E-state index contributed by atoms with van der Waals surface area (Å²) in [5.74, 6) is -0.442. The van der Waals surface area contributed by atoms with Crippen LogP contribution in [0, 0.1) is 0 Å². The second-order valence-corrected chi connectivity index (χ2v) is 7.15. The first-order valence-electron chi connectivity index (χ1n) is 7.11. The van der Waals surface area contributed by atoms with Gasteiger partial charge in [-0.1, -0.05) is 35.3 Å². The minimum absolute atomic E-state index is 0.0568. The van der Waals surface area contributed by atoms with Crippen LogP contribution < -0.4 is 8.92 Å². The number of benzene rings is 2. The van der Waals surface area contributed by atoms with E-state index < -0.39 is 16.1 Å². The third-order valence-corrected chi connectivity index (χ3v) is 5.36. The number of rotatable bonds is 6. The van der Waals surface area contributed by atoms with Crippen molar-refractivity contribution in [2.24, 2.45) is 0 Å². The van der Waals surface area contributed by atoms with Crippen LogP contribution in [0.1, 0.15) is 5.56 Å². The number of carbonyl (C=O) groups is 1. The third kappa shape index (κ3) is 4.69. The van der Waals surface area contributed by atoms with E-state index in [-0.39, 0.29) is 26.4 Å². The average Bonchev–Trinajstić information content (AvgIpc) is 2.59. The van der Waals surface area contributed by atoms with Crippen molar-refractivity contribution in [1.82, 2.24) is 0 Å². The van der Waals surface area contributed by atoms with Crippen molar-refractivity contribution >= 4 is 45.4 Å². The topological polar surface area (TPSA) is 78.9 Å². The Kier molecular flexibility index (Phi) is 6.52. The maximum Gasteiger partial charge on any atom is 0.342 e. The summed E-state index contributed by atoms with van der Waals surface area (Å²) in [4.78, 5) is 10.8. The number of halogens is 2. The molecule has 0 aliphatic heterocycles. The third-order valence-electron chi connectivity index (χ3n) is 3.17. The molecule has 0 amide bonds. The van der Waals surface area contributed by atoms with Crippen LogP contribution in [0.3, 0.4) is 0 Å². The molecule has 2 aromatic rings. The van der Waals surface area contributed by atoms with E-state index in [1.165, 1.54) is 56.7 Å². The van der Waals surface area contributed by atoms with E-state index >= 15 is 0 Å². The molecular weight excluding hydrogens is 403 g/mol. The minimum Gasteiger partial charge on any atom is -0.493 e. The smallest absolute Gasteiger partial charge is 0.342 e. The summed E-state index contributed by atoms with van der Waals surface area (Å²) in [6, 6.07) is 8.73. The van der Waals surface area contributed by atoms with E-state index in [1.54, 1.807) is 6.07 Å². The van der Waals surface area contributed by atoms with Crippen molar-refractivity contribution < 1.29 is 26.9 Å². The molecular formula is C17H14Cl2O6S. The number of carbonyl (C=O) groups excluding carboxylic acids is 1. The number of hydrogen-bond acceptors (Lipinski definition) is 6. The molecule has 138 valence electrons. The lowest BCUT2D eigenvalue weighted by Crippen LogP contribution is -2.11. The molecule has 2 rings (SSSR count). The highest BCUT2D eigenvalue weighted by Gasteiger charge is 2.25. The molecule has 2 aromatic carbocycles. The molecule has 0 aliphatic carbocycles. The highest BCUT2D eigenvalue weighted by molar-refractivity contribution is 7.87. The number of ether oxygens (including phenoxy) is 2. The summed E-state index contributed by atoms with van der Waals surface area (Å²) >= 11 is 11.9. The fourth-order valence-electron chi connectivity index (χ4n) is 1.97. The Bertz CT molecular complexity index is 933. The molecule has 6 nitrogen and oxygen atoms in total. The maximum absolute atomic E-state index is 12.5. The monoisotopic (exact) mass is 416 g/mol. The van der Waals surface area contributed by atoms with Gasteiger partial charge in [-0.25, -0.2) is 4.79 Å². The first kappa shape index (κ1) is 20.1. The lowest BCUT2D eigenvalue weighted by molar-refractivity contribution is -0.134. The average molecular weight is 417 g/mol. The van der Waals surface area contributed by atoms with Gasteiger partial charge in [-0.2, -0.15) is 8.42 Å². The van der Waals surface area contributed by atoms with Gasteiger partial charge in [-0.3, -0.25) is 0 Å². The van der Waals surface area contributed by atoms with Crippen LogP contribution >= 0.6 is 23.2 Å². The molecule has 0 fully saturated rings. The first-order valence-corrected chi connectivity index (χ1v) is 9.27. The van der Waals surface area contributed by atoms with Crippen LogP contribution in [0.5, 0.6) is 11.5 Å². The predicted molar refractivity (Wildman–Crippen MR) is 98.3 cm³/mol. The van der Waals surface area contributed by atoms with Gasteiger partial charge in [0.2, 0.25) is 0 Å². The van der Waals surface area contributed by atoms with Crippen LogP contribution in [0.4, 0.5) is 0 Å². The Hall–Kier alpha value is -2.22. The quantitative estimate of drug-likeness (QED) is 0.402. The van der Waals surface area contributed by atoms with Crippen LogP contribution in [0.25, 0.3) is 6.08 Å². The van der Waals surface area contributed by atoms with Gasteiger partial charge in [0.15, 0.2) is 11.5 Å². The Morgan fingerprint density at radius 1 is 1.04 bits per heavy atom. The van der Waals surface area contributed by atoms with Gasteiger partial charge in [-0.05, 0) is 35.9 Å². The van der Waals surface area contributed by atoms with Gasteiger partial charge < -0.3 is 13.7 Å². The summed E-state index contributed by atoms with van der Waals surface area (Å²) in [6.45, 7) is 0. The van der Waals surface area contributed by atoms with E-state index in [4.69, 9.17) is 32.1 Å². The second kappa shape index (κ2) is 8.44. The normalized spacial score (nSPS) is 11.4. The lowest BCUT2D eigenvalue weighted by Gasteiger charge is -2.13. The molecule has 0 aliphatic rings.